The van der Waals surface area contributed by atoms with Crippen LogP contribution in [0.5, 0.6) is 0 Å². The van der Waals surface area contributed by atoms with E-state index in [1.165, 1.54) is 16.8 Å². The molecule has 2 aromatic carbocycles. The maximum absolute atomic E-state index is 7.71. The molecule has 0 saturated carbocycles. The number of nitrogens with zero attached hydrogens (tertiary/aromatic N) is 1. The SMILES string of the molecule is CN1C(=C2C=CC(=N)C=C2)c2cc(N)ccc2-c2ccccc21. The highest BCUT2D eigenvalue weighted by Crippen LogP contribution is 2.45. The molecule has 0 spiro atoms. The van der Waals surface area contributed by atoms with Crippen molar-refractivity contribution in [2.45, 2.75) is 0 Å². The Balaban J connectivity index is 2.05. The van der Waals surface area contributed by atoms with E-state index in [4.69, 9.17) is 11.1 Å². The molecule has 0 saturated heterocycles. The third kappa shape index (κ3) is 2.09. The number of nitrogen functional groups attached to an aromatic ring is 1. The largest absolute Gasteiger partial charge is 0.399 e. The molecule has 2 aliphatic rings. The highest BCUT2D eigenvalue weighted by molar-refractivity contribution is 6.06. The lowest BCUT2D eigenvalue weighted by Crippen LogP contribution is -2.22. The molecule has 0 atom stereocenters. The predicted octanol–water partition coefficient (Wildman–Crippen LogP) is 4.24. The summed E-state index contributed by atoms with van der Waals surface area (Å²) in [6, 6.07) is 14.5. The summed E-state index contributed by atoms with van der Waals surface area (Å²) in [5.74, 6) is 0. The Bertz CT molecular complexity index is 898. The number of benzene rings is 2. The van der Waals surface area contributed by atoms with E-state index in [0.717, 1.165) is 22.5 Å². The summed E-state index contributed by atoms with van der Waals surface area (Å²) in [7, 11) is 2.08. The van der Waals surface area contributed by atoms with Gasteiger partial charge >= 0.3 is 0 Å². The number of nitrogens with two attached hydrogens (primary N) is 1. The van der Waals surface area contributed by atoms with Crippen molar-refractivity contribution in [1.82, 2.24) is 0 Å². The number of fused-ring (bicyclic) bond motifs is 3. The van der Waals surface area contributed by atoms with Gasteiger partial charge in [0.15, 0.2) is 0 Å². The van der Waals surface area contributed by atoms with E-state index in [0.29, 0.717) is 5.71 Å². The molecule has 3 nitrogen and oxygen atoms in total. The normalized spacial score (nSPS) is 15.7. The quantitative estimate of drug-likeness (QED) is 0.715. The molecular formula is C20H17N3. The first-order valence-electron chi connectivity index (χ1n) is 7.57. The number of para-hydroxylation sites is 1. The van der Waals surface area contributed by atoms with Gasteiger partial charge in [-0.2, -0.15) is 0 Å². The van der Waals surface area contributed by atoms with Crippen molar-refractivity contribution in [2.75, 3.05) is 17.7 Å². The van der Waals surface area contributed by atoms with Gasteiger partial charge in [0.1, 0.15) is 0 Å². The zero-order valence-corrected chi connectivity index (χ0v) is 12.9. The van der Waals surface area contributed by atoms with E-state index in [1.807, 2.05) is 36.4 Å². The molecule has 0 amide bonds. The van der Waals surface area contributed by atoms with E-state index in [-0.39, 0.29) is 0 Å². The first-order valence-corrected chi connectivity index (χ1v) is 7.57. The second-order valence-electron chi connectivity index (χ2n) is 5.81. The molecule has 3 heteroatoms. The fourth-order valence-corrected chi connectivity index (χ4v) is 3.26. The molecule has 0 bridgehead atoms. The van der Waals surface area contributed by atoms with Gasteiger partial charge in [-0.3, -0.25) is 0 Å². The molecule has 3 N–H and O–H groups in total. The van der Waals surface area contributed by atoms with Gasteiger partial charge in [0.05, 0.1) is 11.4 Å². The molecule has 0 radical (unpaired) electrons. The first kappa shape index (κ1) is 13.6. The molecule has 0 aromatic heterocycles. The van der Waals surface area contributed by atoms with Crippen LogP contribution >= 0.6 is 0 Å². The molecule has 1 aliphatic carbocycles. The summed E-state index contributed by atoms with van der Waals surface area (Å²) in [5.41, 5.74) is 14.2. The zero-order valence-electron chi connectivity index (χ0n) is 12.9. The van der Waals surface area contributed by atoms with Gasteiger partial charge in [0.25, 0.3) is 0 Å². The van der Waals surface area contributed by atoms with Crippen molar-refractivity contribution >= 4 is 22.8 Å². The highest BCUT2D eigenvalue weighted by Gasteiger charge is 2.25. The molecule has 0 fully saturated rings. The minimum absolute atomic E-state index is 0.515. The second-order valence-corrected chi connectivity index (χ2v) is 5.81. The van der Waals surface area contributed by atoms with Crippen molar-refractivity contribution < 1.29 is 0 Å². The molecular weight excluding hydrogens is 282 g/mol. The number of allylic oxidation sites excluding steroid dienone is 5. The fourth-order valence-electron chi connectivity index (χ4n) is 3.26. The fraction of sp³-hybridized carbons (Fsp3) is 0.0500. The van der Waals surface area contributed by atoms with Gasteiger partial charge in [-0.25, -0.2) is 0 Å². The van der Waals surface area contributed by atoms with E-state index in [2.05, 4.69) is 42.3 Å². The van der Waals surface area contributed by atoms with Crippen molar-refractivity contribution in [3.05, 3.63) is 77.9 Å². The summed E-state index contributed by atoms with van der Waals surface area (Å²) in [6.07, 6.45) is 7.63. The van der Waals surface area contributed by atoms with Crippen molar-refractivity contribution in [2.24, 2.45) is 0 Å². The van der Waals surface area contributed by atoms with Gasteiger partial charge in [-0.1, -0.05) is 36.4 Å². The van der Waals surface area contributed by atoms with Crippen LogP contribution in [-0.2, 0) is 0 Å². The minimum Gasteiger partial charge on any atom is -0.399 e. The zero-order chi connectivity index (χ0) is 16.0. The van der Waals surface area contributed by atoms with E-state index in [9.17, 15) is 0 Å². The maximum atomic E-state index is 7.71. The third-order valence-electron chi connectivity index (χ3n) is 4.35. The van der Waals surface area contributed by atoms with Crippen LogP contribution in [0.15, 0.2) is 72.3 Å². The van der Waals surface area contributed by atoms with Crippen LogP contribution in [-0.4, -0.2) is 12.8 Å². The molecule has 4 rings (SSSR count). The molecule has 23 heavy (non-hydrogen) atoms. The number of rotatable bonds is 0. The summed E-state index contributed by atoms with van der Waals surface area (Å²) < 4.78 is 0. The minimum atomic E-state index is 0.515. The van der Waals surface area contributed by atoms with Crippen LogP contribution in [0.2, 0.25) is 0 Å². The standard InChI is InChI=1S/C20H17N3/c1-23-19-5-3-2-4-17(19)16-11-10-15(22)12-18(16)20(23)13-6-8-14(21)9-7-13/h2-12,21H,22H2,1H3. The average molecular weight is 299 g/mol. The number of nitrogens with one attached hydrogen (secondary N) is 1. The van der Waals surface area contributed by atoms with Crippen LogP contribution in [0.3, 0.4) is 0 Å². The second kappa shape index (κ2) is 4.99. The Morgan fingerprint density at radius 1 is 0.870 bits per heavy atom. The van der Waals surface area contributed by atoms with Gasteiger partial charge in [0, 0.05) is 29.5 Å². The Morgan fingerprint density at radius 3 is 2.39 bits per heavy atom. The van der Waals surface area contributed by atoms with Crippen LogP contribution in [0.4, 0.5) is 11.4 Å². The van der Waals surface area contributed by atoms with Gasteiger partial charge in [0.2, 0.25) is 0 Å². The summed E-state index contributed by atoms with van der Waals surface area (Å²) in [4.78, 5) is 2.20. The molecule has 112 valence electrons. The van der Waals surface area contributed by atoms with Crippen molar-refractivity contribution in [3.63, 3.8) is 0 Å². The molecule has 1 heterocycles. The number of anilines is 2. The lowest BCUT2D eigenvalue weighted by molar-refractivity contribution is 1.19. The monoisotopic (exact) mass is 299 g/mol. The number of hydrogen-bond donors (Lipinski definition) is 2. The summed E-state index contributed by atoms with van der Waals surface area (Å²) >= 11 is 0. The Morgan fingerprint density at radius 2 is 1.61 bits per heavy atom. The van der Waals surface area contributed by atoms with Crippen molar-refractivity contribution in [1.29, 1.82) is 5.41 Å². The van der Waals surface area contributed by atoms with Gasteiger partial charge in [-0.15, -0.1) is 0 Å². The topological polar surface area (TPSA) is 53.1 Å². The Kier molecular flexibility index (Phi) is 2.95. The van der Waals surface area contributed by atoms with Gasteiger partial charge < -0.3 is 16.0 Å². The van der Waals surface area contributed by atoms with E-state index >= 15 is 0 Å². The number of hydrogen-bond acceptors (Lipinski definition) is 3. The highest BCUT2D eigenvalue weighted by atomic mass is 15.1. The Labute approximate surface area is 135 Å². The first-order chi connectivity index (χ1) is 11.1. The van der Waals surface area contributed by atoms with Crippen LogP contribution in [0.25, 0.3) is 16.8 Å². The van der Waals surface area contributed by atoms with Crippen LogP contribution in [0, 0.1) is 5.41 Å². The summed E-state index contributed by atoms with van der Waals surface area (Å²) in [5, 5.41) is 7.71. The van der Waals surface area contributed by atoms with Crippen molar-refractivity contribution in [3.8, 4) is 11.1 Å². The lowest BCUT2D eigenvalue weighted by Gasteiger charge is -2.33. The molecule has 0 unspecified atom stereocenters. The van der Waals surface area contributed by atoms with Crippen LogP contribution < -0.4 is 10.6 Å². The third-order valence-corrected chi connectivity index (χ3v) is 4.35. The lowest BCUT2D eigenvalue weighted by atomic mass is 9.88. The van der Waals surface area contributed by atoms with Gasteiger partial charge in [-0.05, 0) is 41.5 Å². The van der Waals surface area contributed by atoms with Crippen LogP contribution in [0.1, 0.15) is 5.56 Å². The Hall–Kier alpha value is -3.07. The van der Waals surface area contributed by atoms with E-state index in [1.54, 1.807) is 0 Å². The summed E-state index contributed by atoms with van der Waals surface area (Å²) in [6.45, 7) is 0. The van der Waals surface area contributed by atoms with E-state index < -0.39 is 0 Å². The predicted molar refractivity (Wildman–Crippen MR) is 97.6 cm³/mol. The average Bonchev–Trinajstić information content (AvgIpc) is 2.56. The maximum Gasteiger partial charge on any atom is 0.0562 e. The molecule has 1 aliphatic heterocycles. The smallest absolute Gasteiger partial charge is 0.0562 e. The molecule has 2 aromatic rings.